The second kappa shape index (κ2) is 11.1. The average Bonchev–Trinajstić information content (AvgIpc) is 3.39. The SMILES string of the molecule is CCCCN1C(=O)[C@H](CC(C)C)NC(=O)C12CCN(Cc1ccc(C(=O)N3CCCC3)cc1)CC2. The third-order valence-corrected chi connectivity index (χ3v) is 7.93. The van der Waals surface area contributed by atoms with Crippen LogP contribution >= 0.6 is 0 Å². The van der Waals surface area contributed by atoms with Crippen molar-refractivity contribution in [2.75, 3.05) is 32.7 Å². The van der Waals surface area contributed by atoms with E-state index in [0.29, 0.717) is 31.7 Å². The van der Waals surface area contributed by atoms with Crippen LogP contribution in [0.5, 0.6) is 0 Å². The molecule has 0 aliphatic carbocycles. The lowest BCUT2D eigenvalue weighted by atomic mass is 9.80. The van der Waals surface area contributed by atoms with Gasteiger partial charge in [-0.3, -0.25) is 19.3 Å². The van der Waals surface area contributed by atoms with Crippen LogP contribution in [0.2, 0.25) is 0 Å². The van der Waals surface area contributed by atoms with E-state index in [0.717, 1.165) is 64.0 Å². The Morgan fingerprint density at radius 1 is 1.06 bits per heavy atom. The van der Waals surface area contributed by atoms with Gasteiger partial charge in [0.2, 0.25) is 11.8 Å². The highest BCUT2D eigenvalue weighted by Gasteiger charge is 2.53. The highest BCUT2D eigenvalue weighted by Crippen LogP contribution is 2.34. The summed E-state index contributed by atoms with van der Waals surface area (Å²) in [5.41, 5.74) is 1.21. The number of nitrogens with one attached hydrogen (secondary N) is 1. The highest BCUT2D eigenvalue weighted by molar-refractivity contribution is 6.00. The Morgan fingerprint density at radius 2 is 1.71 bits per heavy atom. The summed E-state index contributed by atoms with van der Waals surface area (Å²) in [5.74, 6) is 0.608. The molecule has 3 fully saturated rings. The van der Waals surface area contributed by atoms with E-state index >= 15 is 0 Å². The lowest BCUT2D eigenvalue weighted by Crippen LogP contribution is -2.73. The standard InChI is InChI=1S/C28H42N4O3/c1-4-5-16-32-26(34)24(19-21(2)3)29-27(35)28(32)12-17-30(18-13-28)20-22-8-10-23(11-9-22)25(33)31-14-6-7-15-31/h8-11,21,24H,4-7,12-20H2,1-3H3,(H,29,35)/t24-/m0/s1. The Bertz CT molecular complexity index is 899. The summed E-state index contributed by atoms with van der Waals surface area (Å²) in [5, 5.41) is 3.08. The van der Waals surface area contributed by atoms with Crippen molar-refractivity contribution < 1.29 is 14.4 Å². The monoisotopic (exact) mass is 482 g/mol. The molecule has 4 rings (SSSR count). The van der Waals surface area contributed by atoms with Gasteiger partial charge in [0.05, 0.1) is 0 Å². The van der Waals surface area contributed by atoms with Crippen molar-refractivity contribution in [2.45, 2.75) is 83.8 Å². The third kappa shape index (κ3) is 5.55. The van der Waals surface area contributed by atoms with Crippen LogP contribution < -0.4 is 5.32 Å². The van der Waals surface area contributed by atoms with Crippen molar-refractivity contribution in [3.63, 3.8) is 0 Å². The number of nitrogens with zero attached hydrogens (tertiary/aromatic N) is 3. The van der Waals surface area contributed by atoms with Gasteiger partial charge in [-0.15, -0.1) is 0 Å². The zero-order valence-corrected chi connectivity index (χ0v) is 21.7. The van der Waals surface area contributed by atoms with Gasteiger partial charge >= 0.3 is 0 Å². The summed E-state index contributed by atoms with van der Waals surface area (Å²) in [6, 6.07) is 7.58. The molecule has 3 amide bonds. The van der Waals surface area contributed by atoms with Crippen LogP contribution in [0.4, 0.5) is 0 Å². The molecule has 3 heterocycles. The number of piperazine rings is 1. The molecule has 1 aromatic carbocycles. The number of amides is 3. The van der Waals surface area contributed by atoms with Crippen LogP contribution in [0.25, 0.3) is 0 Å². The number of benzene rings is 1. The fraction of sp³-hybridized carbons (Fsp3) is 0.679. The molecule has 7 nitrogen and oxygen atoms in total. The Labute approximate surface area is 210 Å². The predicted molar refractivity (Wildman–Crippen MR) is 137 cm³/mol. The van der Waals surface area contributed by atoms with Crippen molar-refractivity contribution in [3.8, 4) is 0 Å². The van der Waals surface area contributed by atoms with Crippen LogP contribution in [0.3, 0.4) is 0 Å². The normalized spacial score (nSPS) is 22.8. The lowest BCUT2D eigenvalue weighted by molar-refractivity contribution is -0.161. The van der Waals surface area contributed by atoms with E-state index in [1.54, 1.807) is 0 Å². The molecule has 3 saturated heterocycles. The predicted octanol–water partition coefficient (Wildman–Crippen LogP) is 3.43. The number of piperidine rings is 1. The number of hydrogen-bond acceptors (Lipinski definition) is 4. The van der Waals surface area contributed by atoms with Gasteiger partial charge in [-0.1, -0.05) is 39.3 Å². The second-order valence-corrected chi connectivity index (χ2v) is 11.0. The van der Waals surface area contributed by atoms with Crippen LogP contribution in [0, 0.1) is 5.92 Å². The first kappa shape index (κ1) is 25.7. The molecule has 0 unspecified atom stereocenters. The first-order valence-electron chi connectivity index (χ1n) is 13.6. The Kier molecular flexibility index (Phi) is 8.15. The molecule has 3 aliphatic heterocycles. The molecule has 0 bridgehead atoms. The summed E-state index contributed by atoms with van der Waals surface area (Å²) in [7, 11) is 0. The van der Waals surface area contributed by atoms with E-state index in [1.165, 1.54) is 5.56 Å². The highest BCUT2D eigenvalue weighted by atomic mass is 16.2. The quantitative estimate of drug-likeness (QED) is 0.616. The average molecular weight is 483 g/mol. The molecule has 0 aromatic heterocycles. The van der Waals surface area contributed by atoms with Crippen molar-refractivity contribution in [3.05, 3.63) is 35.4 Å². The molecule has 7 heteroatoms. The van der Waals surface area contributed by atoms with Gasteiger partial charge in [0.25, 0.3) is 5.91 Å². The minimum Gasteiger partial charge on any atom is -0.342 e. The van der Waals surface area contributed by atoms with Crippen molar-refractivity contribution >= 4 is 17.7 Å². The summed E-state index contributed by atoms with van der Waals surface area (Å²) in [6.45, 7) is 11.0. The van der Waals surface area contributed by atoms with Gasteiger partial charge in [0.1, 0.15) is 11.6 Å². The minimum absolute atomic E-state index is 0.0308. The Balaban J connectivity index is 1.39. The third-order valence-electron chi connectivity index (χ3n) is 7.93. The maximum atomic E-state index is 13.4. The topological polar surface area (TPSA) is 73.0 Å². The zero-order chi connectivity index (χ0) is 25.0. The maximum Gasteiger partial charge on any atom is 0.253 e. The van der Waals surface area contributed by atoms with E-state index < -0.39 is 11.6 Å². The van der Waals surface area contributed by atoms with Gasteiger partial charge in [-0.2, -0.15) is 0 Å². The number of carbonyl (C=O) groups is 3. The van der Waals surface area contributed by atoms with E-state index in [4.69, 9.17) is 0 Å². The molecular weight excluding hydrogens is 440 g/mol. The fourth-order valence-electron chi connectivity index (χ4n) is 5.84. The molecule has 192 valence electrons. The van der Waals surface area contributed by atoms with E-state index in [-0.39, 0.29) is 17.7 Å². The Hall–Kier alpha value is -2.41. The fourth-order valence-corrected chi connectivity index (χ4v) is 5.84. The van der Waals surface area contributed by atoms with Crippen molar-refractivity contribution in [1.29, 1.82) is 0 Å². The van der Waals surface area contributed by atoms with E-state index in [2.05, 4.69) is 43.1 Å². The van der Waals surface area contributed by atoms with Crippen molar-refractivity contribution in [2.24, 2.45) is 5.92 Å². The first-order chi connectivity index (χ1) is 16.8. The summed E-state index contributed by atoms with van der Waals surface area (Å²) >= 11 is 0. The molecule has 1 atom stereocenters. The lowest BCUT2D eigenvalue weighted by Gasteiger charge is -2.52. The number of unbranched alkanes of at least 4 members (excludes halogenated alkanes) is 1. The molecule has 0 radical (unpaired) electrons. The van der Waals surface area contributed by atoms with Crippen LogP contribution in [0.15, 0.2) is 24.3 Å². The largest absolute Gasteiger partial charge is 0.342 e. The van der Waals surface area contributed by atoms with Gasteiger partial charge in [-0.05, 0) is 62.1 Å². The first-order valence-corrected chi connectivity index (χ1v) is 13.6. The molecule has 1 spiro atoms. The number of hydrogen-bond donors (Lipinski definition) is 1. The minimum atomic E-state index is -0.720. The molecule has 3 aliphatic rings. The van der Waals surface area contributed by atoms with Gasteiger partial charge in [0.15, 0.2) is 0 Å². The van der Waals surface area contributed by atoms with E-state index in [1.807, 2.05) is 21.9 Å². The van der Waals surface area contributed by atoms with Gasteiger partial charge in [0, 0.05) is 44.8 Å². The number of rotatable bonds is 8. The van der Waals surface area contributed by atoms with Crippen molar-refractivity contribution in [1.82, 2.24) is 20.0 Å². The molecule has 1 aromatic rings. The van der Waals surface area contributed by atoms with E-state index in [9.17, 15) is 14.4 Å². The van der Waals surface area contributed by atoms with Crippen LogP contribution in [-0.4, -0.2) is 76.7 Å². The molecule has 1 N–H and O–H groups in total. The summed E-state index contributed by atoms with van der Waals surface area (Å²) < 4.78 is 0. The summed E-state index contributed by atoms with van der Waals surface area (Å²) in [6.07, 6.45) is 6.12. The zero-order valence-electron chi connectivity index (χ0n) is 21.7. The van der Waals surface area contributed by atoms with Gasteiger partial charge < -0.3 is 15.1 Å². The Morgan fingerprint density at radius 3 is 2.31 bits per heavy atom. The molecular formula is C28H42N4O3. The smallest absolute Gasteiger partial charge is 0.253 e. The number of carbonyl (C=O) groups excluding carboxylic acids is 3. The van der Waals surface area contributed by atoms with Gasteiger partial charge in [-0.25, -0.2) is 0 Å². The molecule has 0 saturated carbocycles. The van der Waals surface area contributed by atoms with Crippen LogP contribution in [0.1, 0.15) is 81.6 Å². The maximum absolute atomic E-state index is 13.4. The summed E-state index contributed by atoms with van der Waals surface area (Å²) in [4.78, 5) is 45.6. The second-order valence-electron chi connectivity index (χ2n) is 11.0. The molecule has 35 heavy (non-hydrogen) atoms. The number of likely N-dealkylation sites (tertiary alicyclic amines) is 2. The van der Waals surface area contributed by atoms with Crippen LogP contribution in [-0.2, 0) is 16.1 Å².